The number of halogens is 4. The van der Waals surface area contributed by atoms with Crippen molar-refractivity contribution in [2.24, 2.45) is 17.8 Å². The number of ether oxygens (including phenoxy) is 1. The van der Waals surface area contributed by atoms with Crippen molar-refractivity contribution < 1.29 is 41.9 Å². The standard InChI is InChI=1S/C34H39ClF3N5O6/c1-20-5-6-26(14-27(20)35)43(31(46)23-8-12-41(28(44)13-23)19-29(45)49-33(48)34(36,37)38)11-4-10-40-15-24-17-42(18-25(24)16-40)32(47)30-21(2)7-9-39-22(30)3/h5-7,9,14,23-25H,4,8,10-13,15-19H2,1-3H3. The lowest BCUT2D eigenvalue weighted by molar-refractivity contribution is -0.202. The number of esters is 2. The summed E-state index contributed by atoms with van der Waals surface area (Å²) in [4.78, 5) is 74.0. The molecular formula is C34H39ClF3N5O6. The van der Waals surface area contributed by atoms with E-state index >= 15 is 0 Å². The molecule has 0 saturated carbocycles. The molecule has 11 nitrogen and oxygen atoms in total. The molecule has 3 aliphatic rings. The molecule has 0 N–H and O–H groups in total. The van der Waals surface area contributed by atoms with Gasteiger partial charge < -0.3 is 24.3 Å². The van der Waals surface area contributed by atoms with Gasteiger partial charge in [0.15, 0.2) is 0 Å². The maximum atomic E-state index is 13.9. The molecule has 49 heavy (non-hydrogen) atoms. The second-order valence-electron chi connectivity index (χ2n) is 13.1. The van der Waals surface area contributed by atoms with Crippen molar-refractivity contribution in [3.8, 4) is 0 Å². The summed E-state index contributed by atoms with van der Waals surface area (Å²) in [7, 11) is 0. The Morgan fingerprint density at radius 1 is 1.02 bits per heavy atom. The molecule has 3 unspecified atom stereocenters. The molecule has 3 atom stereocenters. The summed E-state index contributed by atoms with van der Waals surface area (Å²) in [6, 6.07) is 7.16. The minimum absolute atomic E-state index is 0.0239. The van der Waals surface area contributed by atoms with Crippen molar-refractivity contribution in [1.82, 2.24) is 19.7 Å². The van der Waals surface area contributed by atoms with Crippen molar-refractivity contribution in [2.45, 2.75) is 46.2 Å². The van der Waals surface area contributed by atoms with Crippen LogP contribution in [0.5, 0.6) is 0 Å². The topological polar surface area (TPSA) is 120 Å². The molecule has 0 aliphatic carbocycles. The summed E-state index contributed by atoms with van der Waals surface area (Å²) in [5, 5.41) is 0.483. The third-order valence-electron chi connectivity index (χ3n) is 9.63. The smallest absolute Gasteiger partial charge is 0.385 e. The fraction of sp³-hybridized carbons (Fsp3) is 0.529. The number of pyridine rings is 1. The van der Waals surface area contributed by atoms with E-state index in [2.05, 4.69) is 14.6 Å². The maximum Gasteiger partial charge on any atom is 0.491 e. The number of carbonyl (C=O) groups is 5. The SMILES string of the molecule is Cc1ccc(N(CCCN2CC3CN(C(=O)c4c(C)ccnc4C)CC3C2)C(=O)C2CCN(CC(=O)OC(=O)C(F)(F)F)C(=O)C2)cc1Cl. The first-order valence-electron chi connectivity index (χ1n) is 16.2. The third kappa shape index (κ3) is 8.41. The zero-order valence-corrected chi connectivity index (χ0v) is 28.4. The van der Waals surface area contributed by atoms with Crippen molar-refractivity contribution >= 4 is 46.9 Å². The molecule has 0 radical (unpaired) electrons. The summed E-state index contributed by atoms with van der Waals surface area (Å²) in [6.07, 6.45) is -3.07. The van der Waals surface area contributed by atoms with E-state index in [0.717, 1.165) is 41.4 Å². The monoisotopic (exact) mass is 705 g/mol. The van der Waals surface area contributed by atoms with Gasteiger partial charge in [0.25, 0.3) is 5.91 Å². The van der Waals surface area contributed by atoms with Gasteiger partial charge in [-0.3, -0.25) is 19.4 Å². The lowest BCUT2D eigenvalue weighted by atomic mass is 9.94. The highest BCUT2D eigenvalue weighted by Crippen LogP contribution is 2.33. The van der Waals surface area contributed by atoms with Crippen LogP contribution in [0, 0.1) is 38.5 Å². The van der Waals surface area contributed by atoms with Crippen molar-refractivity contribution in [3.63, 3.8) is 0 Å². The Morgan fingerprint density at radius 2 is 1.71 bits per heavy atom. The van der Waals surface area contributed by atoms with Gasteiger partial charge in [0.1, 0.15) is 6.54 Å². The van der Waals surface area contributed by atoms with Gasteiger partial charge in [0.2, 0.25) is 11.8 Å². The fourth-order valence-electron chi connectivity index (χ4n) is 7.01. The van der Waals surface area contributed by atoms with Crippen LogP contribution in [0.3, 0.4) is 0 Å². The Labute approximate surface area is 287 Å². The van der Waals surface area contributed by atoms with E-state index in [9.17, 15) is 37.1 Å². The van der Waals surface area contributed by atoms with Crippen LogP contribution in [-0.4, -0.2) is 108 Å². The van der Waals surface area contributed by atoms with Gasteiger partial charge in [-0.1, -0.05) is 17.7 Å². The largest absolute Gasteiger partial charge is 0.491 e. The molecule has 4 heterocycles. The number of amides is 3. The second-order valence-corrected chi connectivity index (χ2v) is 13.5. The van der Waals surface area contributed by atoms with E-state index < -0.39 is 36.5 Å². The Bertz CT molecular complexity index is 1600. The number of fused-ring (bicyclic) bond motifs is 1. The maximum absolute atomic E-state index is 13.9. The van der Waals surface area contributed by atoms with Crippen LogP contribution in [0.1, 0.15) is 46.4 Å². The number of alkyl halides is 3. The molecular weight excluding hydrogens is 667 g/mol. The summed E-state index contributed by atoms with van der Waals surface area (Å²) in [5.74, 6) is -5.04. The highest BCUT2D eigenvalue weighted by molar-refractivity contribution is 6.31. The van der Waals surface area contributed by atoms with Crippen LogP contribution < -0.4 is 4.90 Å². The molecule has 1 aromatic heterocycles. The summed E-state index contributed by atoms with van der Waals surface area (Å²) >= 11 is 6.41. The normalized spacial score (nSPS) is 21.1. The van der Waals surface area contributed by atoms with E-state index in [-0.39, 0.29) is 31.2 Å². The Hall–Kier alpha value is -4.04. The zero-order valence-electron chi connectivity index (χ0n) is 27.6. The minimum atomic E-state index is -5.34. The van der Waals surface area contributed by atoms with Gasteiger partial charge in [-0.25, -0.2) is 9.59 Å². The lowest BCUT2D eigenvalue weighted by Crippen LogP contribution is -2.47. The van der Waals surface area contributed by atoms with Crippen LogP contribution in [0.15, 0.2) is 30.5 Å². The molecule has 3 fully saturated rings. The predicted octanol–water partition coefficient (Wildman–Crippen LogP) is 3.96. The molecule has 0 bridgehead atoms. The molecule has 3 aliphatic heterocycles. The fourth-order valence-corrected chi connectivity index (χ4v) is 7.18. The number of rotatable bonds is 9. The molecule has 5 rings (SSSR count). The Balaban J connectivity index is 1.16. The Morgan fingerprint density at radius 3 is 2.33 bits per heavy atom. The van der Waals surface area contributed by atoms with Crippen molar-refractivity contribution in [1.29, 1.82) is 0 Å². The van der Waals surface area contributed by atoms with E-state index in [1.54, 1.807) is 23.2 Å². The van der Waals surface area contributed by atoms with Gasteiger partial charge >= 0.3 is 18.1 Å². The first-order valence-corrected chi connectivity index (χ1v) is 16.6. The number of nitrogens with zero attached hydrogens (tertiary/aromatic N) is 5. The van der Waals surface area contributed by atoms with Gasteiger partial charge in [-0.2, -0.15) is 13.2 Å². The first kappa shape index (κ1) is 36.2. The molecule has 2 aromatic rings. The van der Waals surface area contributed by atoms with Crippen molar-refractivity contribution in [3.05, 3.63) is 57.9 Å². The van der Waals surface area contributed by atoms with E-state index in [0.29, 0.717) is 54.2 Å². The average molecular weight is 706 g/mol. The van der Waals surface area contributed by atoms with Crippen LogP contribution in [0.2, 0.25) is 5.02 Å². The molecule has 15 heteroatoms. The quantitative estimate of drug-likeness (QED) is 0.284. The van der Waals surface area contributed by atoms with Crippen LogP contribution in [0.4, 0.5) is 18.9 Å². The van der Waals surface area contributed by atoms with E-state index in [1.807, 2.05) is 37.8 Å². The van der Waals surface area contributed by atoms with Crippen molar-refractivity contribution in [2.75, 3.05) is 57.3 Å². The minimum Gasteiger partial charge on any atom is -0.385 e. The highest BCUT2D eigenvalue weighted by atomic mass is 35.5. The molecule has 3 amide bonds. The lowest BCUT2D eigenvalue weighted by Gasteiger charge is -2.34. The van der Waals surface area contributed by atoms with Gasteiger partial charge in [-0.15, -0.1) is 0 Å². The second kappa shape index (κ2) is 14.8. The number of hydrogen-bond donors (Lipinski definition) is 0. The molecule has 3 saturated heterocycles. The summed E-state index contributed by atoms with van der Waals surface area (Å²) in [5.41, 5.74) is 3.74. The Kier molecular flexibility index (Phi) is 11.0. The number of piperidine rings is 1. The first-order chi connectivity index (χ1) is 23.1. The summed E-state index contributed by atoms with van der Waals surface area (Å²) < 4.78 is 41.1. The molecule has 264 valence electrons. The van der Waals surface area contributed by atoms with Gasteiger partial charge in [0.05, 0.1) is 11.3 Å². The highest BCUT2D eigenvalue weighted by Gasteiger charge is 2.44. The molecule has 0 spiro atoms. The number of aryl methyl sites for hydroxylation is 3. The predicted molar refractivity (Wildman–Crippen MR) is 173 cm³/mol. The van der Waals surface area contributed by atoms with Gasteiger partial charge in [-0.05, 0) is 81.3 Å². The number of benzene rings is 1. The number of carbonyl (C=O) groups excluding carboxylic acids is 5. The molecule has 1 aromatic carbocycles. The number of anilines is 1. The van der Waals surface area contributed by atoms with Crippen LogP contribution in [0.25, 0.3) is 0 Å². The average Bonchev–Trinajstić information content (AvgIpc) is 3.60. The van der Waals surface area contributed by atoms with E-state index in [4.69, 9.17) is 11.6 Å². The van der Waals surface area contributed by atoms with Gasteiger partial charge in [0, 0.05) is 68.5 Å². The number of likely N-dealkylation sites (tertiary alicyclic amines) is 3. The number of hydrogen-bond acceptors (Lipinski definition) is 8. The zero-order chi connectivity index (χ0) is 35.6. The van der Waals surface area contributed by atoms with E-state index in [1.165, 1.54) is 0 Å². The summed E-state index contributed by atoms with van der Waals surface area (Å²) in [6.45, 7) is 8.86. The third-order valence-corrected chi connectivity index (χ3v) is 10.0. The van der Waals surface area contributed by atoms with Crippen LogP contribution in [-0.2, 0) is 23.9 Å². The van der Waals surface area contributed by atoms with Crippen LogP contribution >= 0.6 is 11.6 Å². The number of aromatic nitrogens is 1.